The molecular formula is C12H14F3NO3. The summed E-state index contributed by atoms with van der Waals surface area (Å²) >= 11 is 0. The number of alkyl halides is 3. The van der Waals surface area contributed by atoms with Crippen molar-refractivity contribution >= 4 is 0 Å². The second-order valence-corrected chi connectivity index (χ2v) is 4.13. The maximum atomic E-state index is 12.2. The molecule has 4 nitrogen and oxygen atoms in total. The summed E-state index contributed by atoms with van der Waals surface area (Å²) in [6, 6.07) is 4.02. The highest BCUT2D eigenvalue weighted by Crippen LogP contribution is 2.32. The van der Waals surface area contributed by atoms with Crippen LogP contribution in [0.25, 0.3) is 0 Å². The van der Waals surface area contributed by atoms with Gasteiger partial charge in [-0.25, -0.2) is 0 Å². The molecule has 0 saturated carbocycles. The molecule has 0 spiro atoms. The van der Waals surface area contributed by atoms with Crippen molar-refractivity contribution < 1.29 is 27.8 Å². The van der Waals surface area contributed by atoms with Crippen LogP contribution in [0.4, 0.5) is 13.2 Å². The van der Waals surface area contributed by atoms with Crippen molar-refractivity contribution in [3.63, 3.8) is 0 Å². The van der Waals surface area contributed by atoms with Gasteiger partial charge in [-0.3, -0.25) is 5.32 Å². The summed E-state index contributed by atoms with van der Waals surface area (Å²) in [5.41, 5.74) is 0.524. The zero-order valence-electron chi connectivity index (χ0n) is 10.0. The van der Waals surface area contributed by atoms with Crippen LogP contribution in [0.2, 0.25) is 0 Å². The van der Waals surface area contributed by atoms with Crippen LogP contribution in [0.1, 0.15) is 11.6 Å². The molecule has 1 aliphatic rings. The molecule has 0 aromatic heterocycles. The van der Waals surface area contributed by atoms with Gasteiger partial charge in [-0.15, -0.1) is 0 Å². The van der Waals surface area contributed by atoms with E-state index >= 15 is 0 Å². The first-order chi connectivity index (χ1) is 8.99. The van der Waals surface area contributed by atoms with E-state index in [0.29, 0.717) is 30.3 Å². The van der Waals surface area contributed by atoms with E-state index in [1.54, 1.807) is 18.2 Å². The lowest BCUT2D eigenvalue weighted by Gasteiger charge is -2.22. The fourth-order valence-electron chi connectivity index (χ4n) is 1.80. The van der Waals surface area contributed by atoms with E-state index in [1.807, 2.05) is 0 Å². The van der Waals surface area contributed by atoms with Gasteiger partial charge in [0.15, 0.2) is 11.5 Å². The fraction of sp³-hybridized carbons (Fsp3) is 0.500. The minimum Gasteiger partial charge on any atom is -0.486 e. The van der Waals surface area contributed by atoms with Gasteiger partial charge in [0.05, 0.1) is 19.2 Å². The quantitative estimate of drug-likeness (QED) is 0.878. The number of rotatable bonds is 4. The molecule has 0 saturated heterocycles. The number of aliphatic hydroxyl groups excluding tert-OH is 1. The van der Waals surface area contributed by atoms with Crippen molar-refractivity contribution in [3.05, 3.63) is 23.8 Å². The van der Waals surface area contributed by atoms with Crippen molar-refractivity contribution in [3.8, 4) is 11.5 Å². The number of benzene rings is 1. The number of hydrogen-bond acceptors (Lipinski definition) is 4. The average molecular weight is 277 g/mol. The number of fused-ring (bicyclic) bond motifs is 1. The Morgan fingerprint density at radius 1 is 1.21 bits per heavy atom. The summed E-state index contributed by atoms with van der Waals surface area (Å²) in [5.74, 6) is 1.04. The third-order valence-electron chi connectivity index (χ3n) is 2.70. The Hall–Kier alpha value is -1.47. The number of hydrogen-bond donors (Lipinski definition) is 2. The number of aliphatic hydroxyl groups is 1. The lowest BCUT2D eigenvalue weighted by molar-refractivity contribution is -0.126. The summed E-state index contributed by atoms with van der Waals surface area (Å²) < 4.78 is 47.1. The number of nitrogens with one attached hydrogen (secondary N) is 1. The SMILES string of the molecule is OCC(NCC(F)(F)F)c1ccc2c(c1)OCCO2. The maximum Gasteiger partial charge on any atom is 0.401 e. The molecule has 1 aromatic carbocycles. The highest BCUT2D eigenvalue weighted by molar-refractivity contribution is 5.44. The molecule has 2 N–H and O–H groups in total. The minimum absolute atomic E-state index is 0.399. The Labute approximate surface area is 108 Å². The molecule has 1 atom stereocenters. The second-order valence-electron chi connectivity index (χ2n) is 4.13. The molecule has 0 bridgehead atoms. The Morgan fingerprint density at radius 2 is 1.89 bits per heavy atom. The van der Waals surface area contributed by atoms with Crippen LogP contribution in [-0.2, 0) is 0 Å². The highest BCUT2D eigenvalue weighted by atomic mass is 19.4. The first-order valence-corrected chi connectivity index (χ1v) is 5.80. The highest BCUT2D eigenvalue weighted by Gasteiger charge is 2.28. The van der Waals surface area contributed by atoms with E-state index in [1.165, 1.54) is 0 Å². The molecule has 1 heterocycles. The third-order valence-corrected chi connectivity index (χ3v) is 2.70. The molecule has 7 heteroatoms. The first kappa shape index (κ1) is 14.0. The Morgan fingerprint density at radius 3 is 2.53 bits per heavy atom. The van der Waals surface area contributed by atoms with Crippen molar-refractivity contribution in [1.82, 2.24) is 5.32 Å². The summed E-state index contributed by atoms with van der Waals surface area (Å²) in [7, 11) is 0. The van der Waals surface area contributed by atoms with Gasteiger partial charge in [-0.1, -0.05) is 6.07 Å². The molecule has 0 radical (unpaired) electrons. The molecule has 0 amide bonds. The van der Waals surface area contributed by atoms with E-state index in [9.17, 15) is 18.3 Å². The normalized spacial score (nSPS) is 16.2. The number of halogens is 3. The molecule has 0 fully saturated rings. The van der Waals surface area contributed by atoms with E-state index in [4.69, 9.17) is 9.47 Å². The third kappa shape index (κ3) is 3.74. The van der Waals surface area contributed by atoms with Crippen molar-refractivity contribution in [2.75, 3.05) is 26.4 Å². The molecule has 0 aliphatic carbocycles. The van der Waals surface area contributed by atoms with E-state index in [0.717, 1.165) is 0 Å². The van der Waals surface area contributed by atoms with Gasteiger partial charge >= 0.3 is 6.18 Å². The zero-order chi connectivity index (χ0) is 13.9. The van der Waals surface area contributed by atoms with Gasteiger partial charge in [-0.05, 0) is 17.7 Å². The minimum atomic E-state index is -4.32. The van der Waals surface area contributed by atoms with Crippen molar-refractivity contribution in [2.24, 2.45) is 0 Å². The molecule has 1 aliphatic heterocycles. The van der Waals surface area contributed by atoms with Gasteiger partial charge in [0.2, 0.25) is 0 Å². The zero-order valence-corrected chi connectivity index (χ0v) is 10.0. The lowest BCUT2D eigenvalue weighted by atomic mass is 10.1. The van der Waals surface area contributed by atoms with Gasteiger partial charge < -0.3 is 14.6 Å². The van der Waals surface area contributed by atoms with E-state index in [2.05, 4.69) is 5.32 Å². The summed E-state index contributed by atoms with van der Waals surface area (Å²) in [6.07, 6.45) is -4.32. The smallest absolute Gasteiger partial charge is 0.401 e. The predicted octanol–water partition coefficient (Wildman–Crippen LogP) is 1.64. The van der Waals surface area contributed by atoms with Crippen LogP contribution in [-0.4, -0.2) is 37.6 Å². The summed E-state index contributed by atoms with van der Waals surface area (Å²) in [6.45, 7) is -0.749. The van der Waals surface area contributed by atoms with Crippen LogP contribution >= 0.6 is 0 Å². The molecule has 1 aromatic rings. The standard InChI is InChI=1S/C12H14F3NO3/c13-12(14,15)7-16-9(6-17)8-1-2-10-11(5-8)19-4-3-18-10/h1-2,5,9,16-17H,3-4,6-7H2. The lowest BCUT2D eigenvalue weighted by Crippen LogP contribution is -2.33. The molecule has 2 rings (SSSR count). The Bertz CT molecular complexity index is 437. The topological polar surface area (TPSA) is 50.7 Å². The molecular weight excluding hydrogens is 263 g/mol. The van der Waals surface area contributed by atoms with Crippen LogP contribution in [0.5, 0.6) is 11.5 Å². The Balaban J connectivity index is 2.10. The summed E-state index contributed by atoms with van der Waals surface area (Å²) in [5, 5.41) is 11.4. The predicted molar refractivity (Wildman–Crippen MR) is 61.3 cm³/mol. The van der Waals surface area contributed by atoms with Gasteiger partial charge in [0.1, 0.15) is 13.2 Å². The van der Waals surface area contributed by atoms with Crippen LogP contribution in [0.15, 0.2) is 18.2 Å². The van der Waals surface area contributed by atoms with Crippen LogP contribution < -0.4 is 14.8 Å². The molecule has 19 heavy (non-hydrogen) atoms. The number of ether oxygens (including phenoxy) is 2. The van der Waals surface area contributed by atoms with Crippen molar-refractivity contribution in [1.29, 1.82) is 0 Å². The first-order valence-electron chi connectivity index (χ1n) is 5.80. The second kappa shape index (κ2) is 5.66. The van der Waals surface area contributed by atoms with E-state index < -0.39 is 25.4 Å². The maximum absolute atomic E-state index is 12.2. The monoisotopic (exact) mass is 277 g/mol. The van der Waals surface area contributed by atoms with Gasteiger partial charge in [0, 0.05) is 0 Å². The van der Waals surface area contributed by atoms with Crippen LogP contribution in [0.3, 0.4) is 0 Å². The molecule has 1 unspecified atom stereocenters. The van der Waals surface area contributed by atoms with Gasteiger partial charge in [-0.2, -0.15) is 13.2 Å². The summed E-state index contributed by atoms with van der Waals surface area (Å²) in [4.78, 5) is 0. The van der Waals surface area contributed by atoms with Crippen LogP contribution in [0, 0.1) is 0 Å². The van der Waals surface area contributed by atoms with Gasteiger partial charge in [0.25, 0.3) is 0 Å². The Kier molecular flexibility index (Phi) is 4.16. The van der Waals surface area contributed by atoms with E-state index in [-0.39, 0.29) is 0 Å². The molecule has 106 valence electrons. The fourth-order valence-corrected chi connectivity index (χ4v) is 1.80. The van der Waals surface area contributed by atoms with Crippen molar-refractivity contribution in [2.45, 2.75) is 12.2 Å². The largest absolute Gasteiger partial charge is 0.486 e. The average Bonchev–Trinajstić information content (AvgIpc) is 2.38.